The molecule has 1 aliphatic rings. The third-order valence-corrected chi connectivity index (χ3v) is 3.79. The van der Waals surface area contributed by atoms with Crippen molar-refractivity contribution in [2.75, 3.05) is 31.8 Å². The Bertz CT molecular complexity index is 437. The van der Waals surface area contributed by atoms with Gasteiger partial charge < -0.3 is 14.8 Å². The number of fused-ring (bicyclic) bond motifs is 1. The van der Waals surface area contributed by atoms with Gasteiger partial charge in [0.25, 0.3) is 0 Å². The van der Waals surface area contributed by atoms with Gasteiger partial charge in [0, 0.05) is 35.8 Å². The van der Waals surface area contributed by atoms with E-state index >= 15 is 0 Å². The third kappa shape index (κ3) is 4.84. The second kappa shape index (κ2) is 7.50. The number of nitrogens with one attached hydrogen (secondary N) is 1. The summed E-state index contributed by atoms with van der Waals surface area (Å²) in [6, 6.07) is 6.06. The molecular weight excluding hydrogens is 262 g/mol. The van der Waals surface area contributed by atoms with Crippen molar-refractivity contribution in [3.63, 3.8) is 0 Å². The first-order valence-corrected chi connectivity index (χ1v) is 8.38. The zero-order valence-corrected chi connectivity index (χ0v) is 12.1. The molecule has 1 heterocycles. The van der Waals surface area contributed by atoms with Gasteiger partial charge in [0.2, 0.25) is 0 Å². The van der Waals surface area contributed by atoms with E-state index in [9.17, 15) is 4.21 Å². The Balaban J connectivity index is 1.81. The molecule has 0 spiro atoms. The maximum absolute atomic E-state index is 10.9. The Hall–Kier alpha value is -1.07. The van der Waals surface area contributed by atoms with Crippen LogP contribution in [0.5, 0.6) is 11.5 Å². The Morgan fingerprint density at radius 1 is 1.26 bits per heavy atom. The van der Waals surface area contributed by atoms with E-state index in [2.05, 4.69) is 11.4 Å². The molecule has 0 bridgehead atoms. The van der Waals surface area contributed by atoms with Crippen LogP contribution in [0.4, 0.5) is 0 Å². The quantitative estimate of drug-likeness (QED) is 0.807. The molecule has 0 aromatic heterocycles. The summed E-state index contributed by atoms with van der Waals surface area (Å²) in [6.45, 7) is 3.12. The van der Waals surface area contributed by atoms with Gasteiger partial charge in [-0.25, -0.2) is 0 Å². The van der Waals surface area contributed by atoms with Crippen molar-refractivity contribution < 1.29 is 13.7 Å². The van der Waals surface area contributed by atoms with E-state index in [0.29, 0.717) is 6.61 Å². The summed E-state index contributed by atoms with van der Waals surface area (Å²) in [5.74, 6) is 2.43. The summed E-state index contributed by atoms with van der Waals surface area (Å²) in [4.78, 5) is 0. The van der Waals surface area contributed by atoms with Gasteiger partial charge in [0.05, 0.1) is 13.2 Å². The van der Waals surface area contributed by atoms with E-state index in [0.717, 1.165) is 49.8 Å². The SMILES string of the molecule is CS(=O)CCCNCc1ccc2c(c1)OCCCO2. The van der Waals surface area contributed by atoms with Crippen LogP contribution in [0.25, 0.3) is 0 Å². The van der Waals surface area contributed by atoms with Gasteiger partial charge in [-0.15, -0.1) is 0 Å². The Labute approximate surface area is 116 Å². The van der Waals surface area contributed by atoms with E-state index in [1.54, 1.807) is 6.26 Å². The second-order valence-corrected chi connectivity index (χ2v) is 6.19. The fraction of sp³-hybridized carbons (Fsp3) is 0.571. The molecule has 1 unspecified atom stereocenters. The standard InChI is InChI=1S/C14H21NO3S/c1-19(16)9-2-6-15-11-12-4-5-13-14(10-12)18-8-3-7-17-13/h4-5,10,15H,2-3,6-9,11H2,1H3. The molecule has 1 aliphatic heterocycles. The van der Waals surface area contributed by atoms with Crippen LogP contribution in [0, 0.1) is 0 Å². The van der Waals surface area contributed by atoms with Crippen LogP contribution in [-0.4, -0.2) is 36.0 Å². The molecule has 1 aromatic rings. The van der Waals surface area contributed by atoms with E-state index < -0.39 is 10.8 Å². The van der Waals surface area contributed by atoms with Gasteiger partial charge in [0.1, 0.15) is 0 Å². The van der Waals surface area contributed by atoms with Gasteiger partial charge in [-0.3, -0.25) is 4.21 Å². The monoisotopic (exact) mass is 283 g/mol. The van der Waals surface area contributed by atoms with Crippen molar-refractivity contribution in [3.05, 3.63) is 23.8 Å². The first kappa shape index (κ1) is 14.3. The average Bonchev–Trinajstić information content (AvgIpc) is 2.62. The summed E-state index contributed by atoms with van der Waals surface area (Å²) >= 11 is 0. The van der Waals surface area contributed by atoms with E-state index in [1.165, 1.54) is 5.56 Å². The topological polar surface area (TPSA) is 47.6 Å². The summed E-state index contributed by atoms with van der Waals surface area (Å²) in [5, 5.41) is 3.35. The minimum Gasteiger partial charge on any atom is -0.490 e. The molecule has 0 radical (unpaired) electrons. The van der Waals surface area contributed by atoms with Gasteiger partial charge in [0.15, 0.2) is 11.5 Å². The highest BCUT2D eigenvalue weighted by molar-refractivity contribution is 7.84. The zero-order chi connectivity index (χ0) is 13.5. The predicted molar refractivity (Wildman–Crippen MR) is 77.3 cm³/mol. The van der Waals surface area contributed by atoms with Gasteiger partial charge >= 0.3 is 0 Å². The fourth-order valence-electron chi connectivity index (χ4n) is 1.95. The smallest absolute Gasteiger partial charge is 0.161 e. The molecule has 0 saturated heterocycles. The molecule has 0 fully saturated rings. The van der Waals surface area contributed by atoms with E-state index in [-0.39, 0.29) is 0 Å². The summed E-state index contributed by atoms with van der Waals surface area (Å²) in [6.07, 6.45) is 3.61. The lowest BCUT2D eigenvalue weighted by Crippen LogP contribution is -2.16. The molecule has 1 N–H and O–H groups in total. The molecule has 1 aromatic carbocycles. The molecule has 0 aliphatic carbocycles. The Morgan fingerprint density at radius 2 is 2.05 bits per heavy atom. The molecule has 0 amide bonds. The average molecular weight is 283 g/mol. The highest BCUT2D eigenvalue weighted by Crippen LogP contribution is 2.30. The Morgan fingerprint density at radius 3 is 2.84 bits per heavy atom. The summed E-state index contributed by atoms with van der Waals surface area (Å²) in [5.41, 5.74) is 1.18. The minimum atomic E-state index is -0.694. The minimum absolute atomic E-state index is 0.694. The van der Waals surface area contributed by atoms with Crippen LogP contribution in [0.2, 0.25) is 0 Å². The van der Waals surface area contributed by atoms with Crippen LogP contribution in [-0.2, 0) is 17.3 Å². The van der Waals surface area contributed by atoms with Gasteiger partial charge in [-0.2, -0.15) is 0 Å². The van der Waals surface area contributed by atoms with Gasteiger partial charge in [-0.1, -0.05) is 6.07 Å². The van der Waals surface area contributed by atoms with E-state index in [4.69, 9.17) is 9.47 Å². The van der Waals surface area contributed by atoms with Crippen LogP contribution in [0.15, 0.2) is 18.2 Å². The first-order chi connectivity index (χ1) is 9.25. The van der Waals surface area contributed by atoms with Crippen molar-refractivity contribution in [1.29, 1.82) is 0 Å². The fourth-order valence-corrected chi connectivity index (χ4v) is 2.50. The van der Waals surface area contributed by atoms with E-state index in [1.807, 2.05) is 12.1 Å². The lowest BCUT2D eigenvalue weighted by atomic mass is 10.2. The molecule has 2 rings (SSSR count). The van der Waals surface area contributed by atoms with Crippen molar-refractivity contribution in [2.24, 2.45) is 0 Å². The highest BCUT2D eigenvalue weighted by atomic mass is 32.2. The maximum atomic E-state index is 10.9. The Kier molecular flexibility index (Phi) is 5.66. The van der Waals surface area contributed by atoms with Crippen molar-refractivity contribution >= 4 is 10.8 Å². The summed E-state index contributed by atoms with van der Waals surface area (Å²) < 4.78 is 22.2. The van der Waals surface area contributed by atoms with Crippen LogP contribution in [0.1, 0.15) is 18.4 Å². The zero-order valence-electron chi connectivity index (χ0n) is 11.3. The van der Waals surface area contributed by atoms with Gasteiger partial charge in [-0.05, 0) is 30.7 Å². The summed E-state index contributed by atoms with van der Waals surface area (Å²) in [7, 11) is -0.694. The lowest BCUT2D eigenvalue weighted by molar-refractivity contribution is 0.297. The molecule has 19 heavy (non-hydrogen) atoms. The van der Waals surface area contributed by atoms with Crippen molar-refractivity contribution in [2.45, 2.75) is 19.4 Å². The number of hydrogen-bond acceptors (Lipinski definition) is 4. The lowest BCUT2D eigenvalue weighted by Gasteiger charge is -2.10. The van der Waals surface area contributed by atoms with Crippen LogP contribution in [0.3, 0.4) is 0 Å². The van der Waals surface area contributed by atoms with Crippen LogP contribution >= 0.6 is 0 Å². The number of rotatable bonds is 6. The maximum Gasteiger partial charge on any atom is 0.161 e. The highest BCUT2D eigenvalue weighted by Gasteiger charge is 2.10. The first-order valence-electron chi connectivity index (χ1n) is 6.65. The molecule has 5 heteroatoms. The largest absolute Gasteiger partial charge is 0.490 e. The van der Waals surface area contributed by atoms with Crippen LogP contribution < -0.4 is 14.8 Å². The molecule has 106 valence electrons. The normalized spacial score (nSPS) is 15.8. The molecule has 4 nitrogen and oxygen atoms in total. The predicted octanol–water partition coefficient (Wildman–Crippen LogP) is 1.71. The number of benzene rings is 1. The van der Waals surface area contributed by atoms with Crippen molar-refractivity contribution in [3.8, 4) is 11.5 Å². The molecule has 0 saturated carbocycles. The van der Waals surface area contributed by atoms with Crippen molar-refractivity contribution in [1.82, 2.24) is 5.32 Å². The second-order valence-electron chi connectivity index (χ2n) is 4.64. The number of ether oxygens (including phenoxy) is 2. The third-order valence-electron chi connectivity index (χ3n) is 2.93. The number of hydrogen-bond donors (Lipinski definition) is 1. The molecule has 1 atom stereocenters. The molecular formula is C14H21NO3S.